The molecule has 1 aromatic heterocycles. The Balaban J connectivity index is 1.60. The van der Waals surface area contributed by atoms with Crippen LogP contribution in [0.5, 0.6) is 0 Å². The predicted molar refractivity (Wildman–Crippen MR) is 92.2 cm³/mol. The summed E-state index contributed by atoms with van der Waals surface area (Å²) in [5.41, 5.74) is 0.977. The molecule has 1 aromatic carbocycles. The van der Waals surface area contributed by atoms with Crippen LogP contribution in [0.4, 0.5) is 5.13 Å². The fourth-order valence-corrected chi connectivity index (χ4v) is 4.21. The van der Waals surface area contributed by atoms with Crippen molar-refractivity contribution in [2.75, 3.05) is 11.1 Å². The Labute approximate surface area is 151 Å². The first-order valence-corrected chi connectivity index (χ1v) is 9.22. The van der Waals surface area contributed by atoms with Gasteiger partial charge in [0.2, 0.25) is 11.0 Å². The molecule has 0 unspecified atom stereocenters. The monoisotopic (exact) mass is 384 g/mol. The van der Waals surface area contributed by atoms with Gasteiger partial charge in [-0.1, -0.05) is 46.3 Å². The maximum absolute atomic E-state index is 12.3. The standard InChI is InChI=1S/C14H10Cl2N4OS2/c15-8-3-7(4-9(16)5-8)10-6-11(10)12(21)18-13-19-20-14(23-13)22-2-1-17/h3-5,10-11H,2,6H2,(H,18,19,21)/t10-,11-/m1/s1. The van der Waals surface area contributed by atoms with Crippen molar-refractivity contribution in [1.82, 2.24) is 10.2 Å². The normalized spacial score (nSPS) is 19.2. The lowest BCUT2D eigenvalue weighted by Gasteiger charge is -2.03. The second-order valence-electron chi connectivity index (χ2n) is 4.96. The molecular weight excluding hydrogens is 375 g/mol. The number of hydrogen-bond donors (Lipinski definition) is 1. The van der Waals surface area contributed by atoms with Crippen molar-refractivity contribution in [3.05, 3.63) is 33.8 Å². The first-order chi connectivity index (χ1) is 11.1. The number of aromatic nitrogens is 2. The van der Waals surface area contributed by atoms with Gasteiger partial charge in [0.15, 0.2) is 4.34 Å². The lowest BCUT2D eigenvalue weighted by atomic mass is 10.1. The third-order valence-electron chi connectivity index (χ3n) is 3.34. The number of thioether (sulfide) groups is 1. The Morgan fingerprint density at radius 1 is 1.39 bits per heavy atom. The number of nitrogens with one attached hydrogen (secondary N) is 1. The SMILES string of the molecule is N#CCSc1nnc(NC(=O)[C@@H]2C[C@@H]2c2cc(Cl)cc(Cl)c2)s1. The second kappa shape index (κ2) is 7.05. The Morgan fingerprint density at radius 3 is 2.83 bits per heavy atom. The summed E-state index contributed by atoms with van der Waals surface area (Å²) in [6.07, 6.45) is 0.761. The van der Waals surface area contributed by atoms with Crippen LogP contribution in [0, 0.1) is 17.2 Å². The van der Waals surface area contributed by atoms with Crippen molar-refractivity contribution in [2.24, 2.45) is 5.92 Å². The van der Waals surface area contributed by atoms with E-state index >= 15 is 0 Å². The van der Waals surface area contributed by atoms with E-state index in [4.69, 9.17) is 28.5 Å². The van der Waals surface area contributed by atoms with E-state index in [0.717, 1.165) is 12.0 Å². The average molecular weight is 385 g/mol. The molecule has 1 N–H and O–H groups in total. The number of halogens is 2. The van der Waals surface area contributed by atoms with E-state index in [1.807, 2.05) is 18.2 Å². The van der Waals surface area contributed by atoms with Gasteiger partial charge < -0.3 is 5.32 Å². The van der Waals surface area contributed by atoms with E-state index in [2.05, 4.69) is 15.5 Å². The molecular formula is C14H10Cl2N4OS2. The first kappa shape index (κ1) is 16.5. The molecule has 1 saturated carbocycles. The number of nitriles is 1. The zero-order chi connectivity index (χ0) is 16.4. The molecule has 2 atom stereocenters. The Bertz CT molecular complexity index is 769. The van der Waals surface area contributed by atoms with Gasteiger partial charge in [-0.2, -0.15) is 5.26 Å². The second-order valence-corrected chi connectivity index (χ2v) is 8.03. The van der Waals surface area contributed by atoms with Crippen molar-refractivity contribution in [3.8, 4) is 6.07 Å². The van der Waals surface area contributed by atoms with Gasteiger partial charge in [0.25, 0.3) is 0 Å². The van der Waals surface area contributed by atoms with Gasteiger partial charge in [0, 0.05) is 16.0 Å². The molecule has 1 aliphatic rings. The Kier molecular flexibility index (Phi) is 5.07. The lowest BCUT2D eigenvalue weighted by molar-refractivity contribution is -0.117. The number of amides is 1. The molecule has 118 valence electrons. The van der Waals surface area contributed by atoms with Crippen molar-refractivity contribution >= 4 is 57.3 Å². The summed E-state index contributed by atoms with van der Waals surface area (Å²) in [5.74, 6) is 0.247. The molecule has 9 heteroatoms. The molecule has 5 nitrogen and oxygen atoms in total. The van der Waals surface area contributed by atoms with Crippen LogP contribution in [0.3, 0.4) is 0 Å². The van der Waals surface area contributed by atoms with E-state index in [9.17, 15) is 4.79 Å². The summed E-state index contributed by atoms with van der Waals surface area (Å²) >= 11 is 14.6. The van der Waals surface area contributed by atoms with Crippen molar-refractivity contribution in [2.45, 2.75) is 16.7 Å². The zero-order valence-electron chi connectivity index (χ0n) is 11.6. The minimum atomic E-state index is -0.108. The minimum Gasteiger partial charge on any atom is -0.300 e. The fourth-order valence-electron chi connectivity index (χ4n) is 2.25. The lowest BCUT2D eigenvalue weighted by Crippen LogP contribution is -2.14. The molecule has 0 aliphatic heterocycles. The summed E-state index contributed by atoms with van der Waals surface area (Å²) in [7, 11) is 0. The van der Waals surface area contributed by atoms with Crippen molar-refractivity contribution < 1.29 is 4.79 Å². The molecule has 0 spiro atoms. The maximum Gasteiger partial charge on any atom is 0.229 e. The summed E-state index contributed by atoms with van der Waals surface area (Å²) in [4.78, 5) is 12.3. The highest BCUT2D eigenvalue weighted by Crippen LogP contribution is 2.49. The smallest absolute Gasteiger partial charge is 0.229 e. The first-order valence-electron chi connectivity index (χ1n) is 6.67. The van der Waals surface area contributed by atoms with Crippen LogP contribution in [-0.2, 0) is 4.79 Å². The van der Waals surface area contributed by atoms with Gasteiger partial charge in [0.05, 0.1) is 11.8 Å². The molecule has 1 amide bonds. The van der Waals surface area contributed by atoms with Crippen molar-refractivity contribution in [1.29, 1.82) is 5.26 Å². The number of carbonyl (C=O) groups excluding carboxylic acids is 1. The van der Waals surface area contributed by atoms with Gasteiger partial charge in [-0.3, -0.25) is 4.79 Å². The van der Waals surface area contributed by atoms with Gasteiger partial charge in [-0.25, -0.2) is 0 Å². The van der Waals surface area contributed by atoms with E-state index in [1.165, 1.54) is 23.1 Å². The van der Waals surface area contributed by atoms with Crippen LogP contribution in [-0.4, -0.2) is 21.9 Å². The summed E-state index contributed by atoms with van der Waals surface area (Å²) < 4.78 is 0.663. The van der Waals surface area contributed by atoms with E-state index < -0.39 is 0 Å². The molecule has 1 heterocycles. The van der Waals surface area contributed by atoms with Crippen LogP contribution in [0.25, 0.3) is 0 Å². The van der Waals surface area contributed by atoms with Crippen molar-refractivity contribution in [3.63, 3.8) is 0 Å². The third-order valence-corrected chi connectivity index (χ3v) is 5.61. The highest BCUT2D eigenvalue weighted by Gasteiger charge is 2.44. The number of anilines is 1. The Hall–Kier alpha value is -1.33. The minimum absolute atomic E-state index is 0.0842. The maximum atomic E-state index is 12.3. The molecule has 3 rings (SSSR count). The molecule has 1 aliphatic carbocycles. The van der Waals surface area contributed by atoms with Crippen LogP contribution in [0.1, 0.15) is 17.9 Å². The summed E-state index contributed by atoms with van der Waals surface area (Å²) in [6.45, 7) is 0. The van der Waals surface area contributed by atoms with Gasteiger partial charge in [-0.05, 0) is 36.1 Å². The van der Waals surface area contributed by atoms with E-state index in [-0.39, 0.29) is 17.7 Å². The molecule has 23 heavy (non-hydrogen) atoms. The van der Waals surface area contributed by atoms with Gasteiger partial charge >= 0.3 is 0 Å². The topological polar surface area (TPSA) is 78.7 Å². The number of nitrogens with zero attached hydrogens (tertiary/aromatic N) is 3. The molecule has 0 bridgehead atoms. The molecule has 1 fully saturated rings. The van der Waals surface area contributed by atoms with Crippen LogP contribution >= 0.6 is 46.3 Å². The van der Waals surface area contributed by atoms with E-state index in [1.54, 1.807) is 6.07 Å². The van der Waals surface area contributed by atoms with Gasteiger partial charge in [0.1, 0.15) is 0 Å². The Morgan fingerprint density at radius 2 is 2.13 bits per heavy atom. The largest absolute Gasteiger partial charge is 0.300 e. The van der Waals surface area contributed by atoms with Crippen LogP contribution in [0.15, 0.2) is 22.5 Å². The fraction of sp³-hybridized carbons (Fsp3) is 0.286. The molecule has 0 radical (unpaired) electrons. The number of rotatable bonds is 5. The van der Waals surface area contributed by atoms with E-state index in [0.29, 0.717) is 25.3 Å². The quantitative estimate of drug-likeness (QED) is 0.616. The highest BCUT2D eigenvalue weighted by atomic mass is 35.5. The predicted octanol–water partition coefficient (Wildman–Crippen LogP) is 4.20. The molecule has 0 saturated heterocycles. The number of hydrogen-bond acceptors (Lipinski definition) is 6. The number of benzene rings is 1. The summed E-state index contributed by atoms with van der Waals surface area (Å²) in [6, 6.07) is 7.37. The van der Waals surface area contributed by atoms with Gasteiger partial charge in [-0.15, -0.1) is 10.2 Å². The average Bonchev–Trinajstić information content (AvgIpc) is 3.19. The van der Waals surface area contributed by atoms with Crippen LogP contribution in [0.2, 0.25) is 10.0 Å². The highest BCUT2D eigenvalue weighted by molar-refractivity contribution is 8.01. The molecule has 2 aromatic rings. The number of carbonyl (C=O) groups is 1. The summed E-state index contributed by atoms with van der Waals surface area (Å²) in [5, 5.41) is 20.7. The van der Waals surface area contributed by atoms with Crippen LogP contribution < -0.4 is 5.32 Å². The third kappa shape index (κ3) is 4.15. The zero-order valence-corrected chi connectivity index (χ0v) is 14.8.